The van der Waals surface area contributed by atoms with Crippen LogP contribution < -0.4 is 9.64 Å². The van der Waals surface area contributed by atoms with E-state index in [1.165, 1.54) is 24.9 Å². The molecule has 3 rings (SSSR count). The summed E-state index contributed by atoms with van der Waals surface area (Å²) in [7, 11) is 1.69. The molecule has 0 bridgehead atoms. The van der Waals surface area contributed by atoms with Crippen molar-refractivity contribution in [3.8, 4) is 5.75 Å². The first kappa shape index (κ1) is 15.2. The first-order chi connectivity index (χ1) is 10.8. The fourth-order valence-corrected chi connectivity index (χ4v) is 3.60. The van der Waals surface area contributed by atoms with Gasteiger partial charge in [-0.05, 0) is 25.0 Å². The predicted molar refractivity (Wildman–Crippen MR) is 88.4 cm³/mol. The van der Waals surface area contributed by atoms with Crippen LogP contribution in [0.1, 0.15) is 32.1 Å². The monoisotopic (exact) mass is 302 g/mol. The second kappa shape index (κ2) is 7.03. The Kier molecular flexibility index (Phi) is 4.86. The van der Waals surface area contributed by atoms with Gasteiger partial charge < -0.3 is 14.5 Å². The van der Waals surface area contributed by atoms with Crippen LogP contribution in [-0.2, 0) is 4.79 Å². The van der Waals surface area contributed by atoms with E-state index < -0.39 is 0 Å². The third kappa shape index (κ3) is 3.37. The molecule has 2 fully saturated rings. The highest BCUT2D eigenvalue weighted by Crippen LogP contribution is 2.27. The molecule has 0 spiro atoms. The summed E-state index contributed by atoms with van der Waals surface area (Å²) in [4.78, 5) is 17.0. The first-order valence-corrected chi connectivity index (χ1v) is 8.46. The number of benzene rings is 1. The molecule has 1 aliphatic carbocycles. The van der Waals surface area contributed by atoms with E-state index in [0.717, 1.165) is 44.8 Å². The second-order valence-electron chi connectivity index (χ2n) is 6.35. The van der Waals surface area contributed by atoms with Gasteiger partial charge in [-0.2, -0.15) is 0 Å². The summed E-state index contributed by atoms with van der Waals surface area (Å²) >= 11 is 0. The third-order valence-electron chi connectivity index (χ3n) is 4.96. The molecule has 1 aliphatic heterocycles. The van der Waals surface area contributed by atoms with Crippen LogP contribution in [0.15, 0.2) is 24.3 Å². The molecule has 1 saturated heterocycles. The maximum Gasteiger partial charge on any atom is 0.225 e. The maximum absolute atomic E-state index is 12.6. The van der Waals surface area contributed by atoms with E-state index >= 15 is 0 Å². The molecule has 0 N–H and O–H groups in total. The number of carbonyl (C=O) groups is 1. The van der Waals surface area contributed by atoms with Crippen molar-refractivity contribution in [2.24, 2.45) is 5.92 Å². The number of piperazine rings is 1. The molecular weight excluding hydrogens is 276 g/mol. The smallest absolute Gasteiger partial charge is 0.225 e. The largest absolute Gasteiger partial charge is 0.497 e. The Labute approximate surface area is 133 Å². The van der Waals surface area contributed by atoms with E-state index in [1.54, 1.807) is 7.11 Å². The summed E-state index contributed by atoms with van der Waals surface area (Å²) in [6.45, 7) is 3.50. The number of anilines is 1. The number of carbonyl (C=O) groups excluding carboxylic acids is 1. The SMILES string of the molecule is COc1cccc(N2CCN(C(=O)C3CCCCC3)CC2)c1. The highest BCUT2D eigenvalue weighted by Gasteiger charge is 2.28. The van der Waals surface area contributed by atoms with Crippen LogP contribution >= 0.6 is 0 Å². The van der Waals surface area contributed by atoms with Gasteiger partial charge in [0.05, 0.1) is 7.11 Å². The summed E-state index contributed by atoms with van der Waals surface area (Å²) in [6.07, 6.45) is 5.93. The van der Waals surface area contributed by atoms with E-state index in [1.807, 2.05) is 12.1 Å². The third-order valence-corrected chi connectivity index (χ3v) is 4.96. The fourth-order valence-electron chi connectivity index (χ4n) is 3.60. The average molecular weight is 302 g/mol. The Bertz CT molecular complexity index is 504. The molecule has 1 amide bonds. The number of nitrogens with zero attached hydrogens (tertiary/aromatic N) is 2. The van der Waals surface area contributed by atoms with Gasteiger partial charge in [0.2, 0.25) is 5.91 Å². The fraction of sp³-hybridized carbons (Fsp3) is 0.611. The molecule has 0 aromatic heterocycles. The van der Waals surface area contributed by atoms with Crippen LogP contribution in [0, 0.1) is 5.92 Å². The molecule has 2 aliphatic rings. The Morgan fingerprint density at radius 2 is 1.82 bits per heavy atom. The molecule has 0 unspecified atom stereocenters. The lowest BCUT2D eigenvalue weighted by molar-refractivity contribution is -0.136. The molecule has 1 saturated carbocycles. The van der Waals surface area contributed by atoms with Crippen LogP contribution in [-0.4, -0.2) is 44.1 Å². The number of hydrogen-bond acceptors (Lipinski definition) is 3. The van der Waals surface area contributed by atoms with Gasteiger partial charge in [-0.25, -0.2) is 0 Å². The van der Waals surface area contributed by atoms with Crippen LogP contribution in [0.25, 0.3) is 0 Å². The lowest BCUT2D eigenvalue weighted by Crippen LogP contribution is -2.50. The molecule has 0 radical (unpaired) electrons. The Balaban J connectivity index is 1.56. The Morgan fingerprint density at radius 1 is 1.09 bits per heavy atom. The van der Waals surface area contributed by atoms with Crippen LogP contribution in [0.4, 0.5) is 5.69 Å². The van der Waals surface area contributed by atoms with Crippen LogP contribution in [0.5, 0.6) is 5.75 Å². The number of rotatable bonds is 3. The maximum atomic E-state index is 12.6. The topological polar surface area (TPSA) is 32.8 Å². The summed E-state index contributed by atoms with van der Waals surface area (Å²) in [5.41, 5.74) is 1.18. The quantitative estimate of drug-likeness (QED) is 0.860. The normalized spacial score (nSPS) is 20.0. The highest BCUT2D eigenvalue weighted by molar-refractivity contribution is 5.79. The molecule has 4 nitrogen and oxygen atoms in total. The zero-order valence-electron chi connectivity index (χ0n) is 13.5. The molecular formula is C18H26N2O2. The Hall–Kier alpha value is -1.71. The van der Waals surface area contributed by atoms with Crippen molar-refractivity contribution < 1.29 is 9.53 Å². The van der Waals surface area contributed by atoms with Crippen LogP contribution in [0.3, 0.4) is 0 Å². The van der Waals surface area contributed by atoms with Gasteiger partial charge in [0.25, 0.3) is 0 Å². The number of amides is 1. The molecule has 22 heavy (non-hydrogen) atoms. The highest BCUT2D eigenvalue weighted by atomic mass is 16.5. The summed E-state index contributed by atoms with van der Waals surface area (Å²) < 4.78 is 5.29. The minimum Gasteiger partial charge on any atom is -0.497 e. The minimum atomic E-state index is 0.289. The van der Waals surface area contributed by atoms with Gasteiger partial charge in [0, 0.05) is 43.9 Å². The van der Waals surface area contributed by atoms with E-state index in [4.69, 9.17) is 4.74 Å². The van der Waals surface area contributed by atoms with Crippen molar-refractivity contribution in [1.82, 2.24) is 4.90 Å². The van der Waals surface area contributed by atoms with E-state index in [0.29, 0.717) is 5.91 Å². The summed E-state index contributed by atoms with van der Waals surface area (Å²) in [5, 5.41) is 0. The van der Waals surface area contributed by atoms with Gasteiger partial charge in [-0.3, -0.25) is 4.79 Å². The van der Waals surface area contributed by atoms with Gasteiger partial charge >= 0.3 is 0 Å². The molecule has 0 atom stereocenters. The molecule has 120 valence electrons. The summed E-state index contributed by atoms with van der Waals surface area (Å²) in [5.74, 6) is 1.57. The van der Waals surface area contributed by atoms with Crippen molar-refractivity contribution in [2.45, 2.75) is 32.1 Å². The van der Waals surface area contributed by atoms with E-state index in [9.17, 15) is 4.79 Å². The molecule has 1 heterocycles. The molecule has 1 aromatic carbocycles. The first-order valence-electron chi connectivity index (χ1n) is 8.46. The van der Waals surface area contributed by atoms with Crippen LogP contribution in [0.2, 0.25) is 0 Å². The second-order valence-corrected chi connectivity index (χ2v) is 6.35. The molecule has 1 aromatic rings. The van der Waals surface area contributed by atoms with E-state index in [2.05, 4.69) is 21.9 Å². The summed E-state index contributed by atoms with van der Waals surface area (Å²) in [6, 6.07) is 8.17. The standard InChI is InChI=1S/C18H26N2O2/c1-22-17-9-5-8-16(14-17)19-10-12-20(13-11-19)18(21)15-6-3-2-4-7-15/h5,8-9,14-15H,2-4,6-7,10-13H2,1H3. The van der Waals surface area contributed by atoms with Gasteiger partial charge in [0.15, 0.2) is 0 Å². The molecule has 4 heteroatoms. The van der Waals surface area contributed by atoms with Gasteiger partial charge in [-0.15, -0.1) is 0 Å². The lowest BCUT2D eigenvalue weighted by Gasteiger charge is -2.38. The van der Waals surface area contributed by atoms with Crippen molar-refractivity contribution in [3.63, 3.8) is 0 Å². The van der Waals surface area contributed by atoms with Crippen molar-refractivity contribution >= 4 is 11.6 Å². The van der Waals surface area contributed by atoms with Crippen molar-refractivity contribution in [3.05, 3.63) is 24.3 Å². The number of methoxy groups -OCH3 is 1. The number of hydrogen-bond donors (Lipinski definition) is 0. The predicted octanol–water partition coefficient (Wildman–Crippen LogP) is 2.92. The number of ether oxygens (including phenoxy) is 1. The zero-order chi connectivity index (χ0) is 15.4. The van der Waals surface area contributed by atoms with Gasteiger partial charge in [-0.1, -0.05) is 25.3 Å². The minimum absolute atomic E-state index is 0.289. The average Bonchev–Trinajstić information content (AvgIpc) is 2.62. The van der Waals surface area contributed by atoms with Gasteiger partial charge in [0.1, 0.15) is 5.75 Å². The lowest BCUT2D eigenvalue weighted by atomic mass is 9.88. The van der Waals surface area contributed by atoms with E-state index in [-0.39, 0.29) is 5.92 Å². The van der Waals surface area contributed by atoms with Crippen molar-refractivity contribution in [2.75, 3.05) is 38.2 Å². The zero-order valence-corrected chi connectivity index (χ0v) is 13.5. The Morgan fingerprint density at radius 3 is 2.50 bits per heavy atom. The van der Waals surface area contributed by atoms with Crippen molar-refractivity contribution in [1.29, 1.82) is 0 Å².